The Bertz CT molecular complexity index is 708. The molecule has 0 radical (unpaired) electrons. The first kappa shape index (κ1) is 15.7. The molecule has 0 bridgehead atoms. The molecule has 2 aromatic carbocycles. The van der Waals surface area contributed by atoms with Crippen LogP contribution in [0.3, 0.4) is 0 Å². The van der Waals surface area contributed by atoms with E-state index in [2.05, 4.69) is 63.2 Å². The van der Waals surface area contributed by atoms with Crippen LogP contribution in [0, 0.1) is 6.92 Å². The fourth-order valence-electron chi connectivity index (χ4n) is 2.17. The maximum absolute atomic E-state index is 4.72. The van der Waals surface area contributed by atoms with Gasteiger partial charge in [-0.1, -0.05) is 58.0 Å². The zero-order valence-corrected chi connectivity index (χ0v) is 14.3. The summed E-state index contributed by atoms with van der Waals surface area (Å²) >= 11 is 1.77. The van der Waals surface area contributed by atoms with Gasteiger partial charge in [-0.15, -0.1) is 11.3 Å². The van der Waals surface area contributed by atoms with E-state index >= 15 is 0 Å². The second-order valence-electron chi connectivity index (χ2n) is 5.27. The molecular formula is C19H23NS. The third kappa shape index (κ3) is 3.51. The number of thiazole rings is 1. The van der Waals surface area contributed by atoms with Crippen molar-refractivity contribution < 1.29 is 0 Å². The van der Waals surface area contributed by atoms with Gasteiger partial charge in [0, 0.05) is 5.56 Å². The lowest BCUT2D eigenvalue weighted by atomic mass is 10.0. The van der Waals surface area contributed by atoms with Gasteiger partial charge in [0.2, 0.25) is 0 Å². The van der Waals surface area contributed by atoms with Crippen LogP contribution in [0.1, 0.15) is 44.7 Å². The van der Waals surface area contributed by atoms with E-state index in [9.17, 15) is 0 Å². The minimum Gasteiger partial charge on any atom is -0.236 e. The Morgan fingerprint density at radius 2 is 1.62 bits per heavy atom. The molecule has 3 aromatic rings. The molecule has 1 heterocycles. The second-order valence-corrected chi connectivity index (χ2v) is 6.30. The molecule has 0 amide bonds. The van der Waals surface area contributed by atoms with Gasteiger partial charge in [0.1, 0.15) is 5.01 Å². The average molecular weight is 297 g/mol. The molecule has 0 N–H and O–H groups in total. The standard InChI is InChI=1S/C17H17NS.C2H6/c1-11(2)13-5-7-14(8-6-13)17-18-15-9-4-12(3)10-16(15)19-17;1-2/h4-11H,1-3H3;1-2H3. The number of aryl methyl sites for hydroxylation is 1. The van der Waals surface area contributed by atoms with E-state index in [1.165, 1.54) is 21.4 Å². The van der Waals surface area contributed by atoms with E-state index < -0.39 is 0 Å². The van der Waals surface area contributed by atoms with E-state index in [4.69, 9.17) is 4.98 Å². The molecule has 1 aromatic heterocycles. The van der Waals surface area contributed by atoms with Crippen LogP contribution in [0.4, 0.5) is 0 Å². The predicted octanol–water partition coefficient (Wildman–Crippen LogP) is 6.42. The van der Waals surface area contributed by atoms with Crippen LogP contribution in [0.5, 0.6) is 0 Å². The lowest BCUT2D eigenvalue weighted by Crippen LogP contribution is -1.86. The van der Waals surface area contributed by atoms with Crippen LogP contribution in [-0.4, -0.2) is 4.98 Å². The predicted molar refractivity (Wildman–Crippen MR) is 95.2 cm³/mol. The molecule has 2 heteroatoms. The smallest absolute Gasteiger partial charge is 0.124 e. The Labute approximate surface area is 131 Å². The number of fused-ring (bicyclic) bond motifs is 1. The minimum atomic E-state index is 0.576. The monoisotopic (exact) mass is 297 g/mol. The molecule has 1 nitrogen and oxygen atoms in total. The van der Waals surface area contributed by atoms with Crippen LogP contribution >= 0.6 is 11.3 Å². The first-order valence-electron chi connectivity index (χ1n) is 7.61. The van der Waals surface area contributed by atoms with E-state index in [-0.39, 0.29) is 0 Å². The van der Waals surface area contributed by atoms with Crippen molar-refractivity contribution in [3.05, 3.63) is 53.6 Å². The van der Waals surface area contributed by atoms with Gasteiger partial charge in [0.05, 0.1) is 10.2 Å². The van der Waals surface area contributed by atoms with Crippen molar-refractivity contribution in [2.75, 3.05) is 0 Å². The number of hydrogen-bond acceptors (Lipinski definition) is 2. The fraction of sp³-hybridized carbons (Fsp3) is 0.316. The summed E-state index contributed by atoms with van der Waals surface area (Å²) in [7, 11) is 0. The Morgan fingerprint density at radius 1 is 0.952 bits per heavy atom. The highest BCUT2D eigenvalue weighted by atomic mass is 32.1. The summed E-state index contributed by atoms with van der Waals surface area (Å²) in [6, 6.07) is 15.2. The average Bonchev–Trinajstić information content (AvgIpc) is 2.92. The van der Waals surface area contributed by atoms with E-state index in [1.54, 1.807) is 11.3 Å². The summed E-state index contributed by atoms with van der Waals surface area (Å²) in [6.45, 7) is 10.6. The molecule has 21 heavy (non-hydrogen) atoms. The number of rotatable bonds is 2. The highest BCUT2D eigenvalue weighted by Crippen LogP contribution is 2.31. The van der Waals surface area contributed by atoms with Gasteiger partial charge >= 0.3 is 0 Å². The molecule has 0 atom stereocenters. The summed E-state index contributed by atoms with van der Waals surface area (Å²) < 4.78 is 1.27. The zero-order valence-electron chi connectivity index (χ0n) is 13.5. The highest BCUT2D eigenvalue weighted by molar-refractivity contribution is 7.21. The molecule has 0 aliphatic heterocycles. The summed E-state index contributed by atoms with van der Waals surface area (Å²) in [6.07, 6.45) is 0. The van der Waals surface area contributed by atoms with Crippen molar-refractivity contribution in [2.45, 2.75) is 40.5 Å². The molecule has 0 unspecified atom stereocenters. The normalized spacial score (nSPS) is 10.6. The van der Waals surface area contributed by atoms with E-state index in [0.29, 0.717) is 5.92 Å². The molecular weight excluding hydrogens is 274 g/mol. The number of aromatic nitrogens is 1. The lowest BCUT2D eigenvalue weighted by Gasteiger charge is -2.05. The van der Waals surface area contributed by atoms with Crippen molar-refractivity contribution >= 4 is 21.6 Å². The zero-order chi connectivity index (χ0) is 15.4. The van der Waals surface area contributed by atoms with Crippen LogP contribution < -0.4 is 0 Å². The van der Waals surface area contributed by atoms with Crippen molar-refractivity contribution in [1.82, 2.24) is 4.98 Å². The van der Waals surface area contributed by atoms with Crippen molar-refractivity contribution in [3.8, 4) is 10.6 Å². The van der Waals surface area contributed by atoms with Crippen molar-refractivity contribution in [1.29, 1.82) is 0 Å². The van der Waals surface area contributed by atoms with Gasteiger partial charge in [-0.3, -0.25) is 0 Å². The number of nitrogens with zero attached hydrogens (tertiary/aromatic N) is 1. The van der Waals surface area contributed by atoms with Crippen LogP contribution in [0.2, 0.25) is 0 Å². The number of hydrogen-bond donors (Lipinski definition) is 0. The first-order valence-corrected chi connectivity index (χ1v) is 8.42. The van der Waals surface area contributed by atoms with Gasteiger partial charge in [-0.2, -0.15) is 0 Å². The van der Waals surface area contributed by atoms with Gasteiger partial charge in [0.25, 0.3) is 0 Å². The number of benzene rings is 2. The third-order valence-corrected chi connectivity index (χ3v) is 4.44. The first-order chi connectivity index (χ1) is 10.1. The Morgan fingerprint density at radius 3 is 2.24 bits per heavy atom. The summed E-state index contributed by atoms with van der Waals surface area (Å²) in [5.41, 5.74) is 4.97. The molecule has 110 valence electrons. The molecule has 0 spiro atoms. The summed E-state index contributed by atoms with van der Waals surface area (Å²) in [5, 5.41) is 1.11. The summed E-state index contributed by atoms with van der Waals surface area (Å²) in [4.78, 5) is 4.72. The minimum absolute atomic E-state index is 0.576. The highest BCUT2D eigenvalue weighted by Gasteiger charge is 2.07. The topological polar surface area (TPSA) is 12.9 Å². The summed E-state index contributed by atoms with van der Waals surface area (Å²) in [5.74, 6) is 0.576. The van der Waals surface area contributed by atoms with E-state index in [0.717, 1.165) is 10.5 Å². The Balaban J connectivity index is 0.000000774. The van der Waals surface area contributed by atoms with Crippen molar-refractivity contribution in [3.63, 3.8) is 0 Å². The van der Waals surface area contributed by atoms with Crippen molar-refractivity contribution in [2.24, 2.45) is 0 Å². The maximum Gasteiger partial charge on any atom is 0.124 e. The molecule has 0 fully saturated rings. The van der Waals surface area contributed by atoms with Crippen LogP contribution in [0.25, 0.3) is 20.8 Å². The maximum atomic E-state index is 4.72. The Kier molecular flexibility index (Phi) is 5.13. The van der Waals surface area contributed by atoms with Gasteiger partial charge in [-0.25, -0.2) is 4.98 Å². The van der Waals surface area contributed by atoms with Gasteiger partial charge < -0.3 is 0 Å². The largest absolute Gasteiger partial charge is 0.236 e. The van der Waals surface area contributed by atoms with Crippen LogP contribution in [-0.2, 0) is 0 Å². The molecule has 0 saturated heterocycles. The van der Waals surface area contributed by atoms with Crippen LogP contribution in [0.15, 0.2) is 42.5 Å². The molecule has 0 saturated carbocycles. The quantitative estimate of drug-likeness (QED) is 0.531. The molecule has 0 aliphatic carbocycles. The van der Waals surface area contributed by atoms with E-state index in [1.807, 2.05) is 13.8 Å². The fourth-order valence-corrected chi connectivity index (χ4v) is 3.24. The van der Waals surface area contributed by atoms with Gasteiger partial charge in [-0.05, 0) is 36.1 Å². The molecule has 0 aliphatic rings. The Hall–Kier alpha value is -1.67. The van der Waals surface area contributed by atoms with Gasteiger partial charge in [0.15, 0.2) is 0 Å². The third-order valence-electron chi connectivity index (χ3n) is 3.37. The molecule has 3 rings (SSSR count). The lowest BCUT2D eigenvalue weighted by molar-refractivity contribution is 0.867. The second kappa shape index (κ2) is 6.86. The SMILES string of the molecule is CC.Cc1ccc2nc(-c3ccc(C(C)C)cc3)sc2c1.